The van der Waals surface area contributed by atoms with Gasteiger partial charge in [0, 0.05) is 27.0 Å². The van der Waals surface area contributed by atoms with E-state index < -0.39 is 0 Å². The number of thiophene rings is 2. The first-order valence-corrected chi connectivity index (χ1v) is 10.7. The highest BCUT2D eigenvalue weighted by atomic mass is 35.5. The molecule has 0 saturated heterocycles. The second kappa shape index (κ2) is 7.53. The Morgan fingerprint density at radius 2 is 2.15 bits per heavy atom. The van der Waals surface area contributed by atoms with Gasteiger partial charge in [-0.2, -0.15) is 0 Å². The molecule has 26 heavy (non-hydrogen) atoms. The molecular weight excluding hydrogens is 384 g/mol. The molecule has 0 aliphatic carbocycles. The van der Waals surface area contributed by atoms with Gasteiger partial charge in [0.1, 0.15) is 0 Å². The van der Waals surface area contributed by atoms with E-state index in [4.69, 9.17) is 11.6 Å². The summed E-state index contributed by atoms with van der Waals surface area (Å²) in [5, 5.41) is 7.91. The van der Waals surface area contributed by atoms with Gasteiger partial charge in [0.25, 0.3) is 0 Å². The Kier molecular flexibility index (Phi) is 5.14. The number of benzene rings is 1. The minimum Gasteiger partial charge on any atom is -0.325 e. The van der Waals surface area contributed by atoms with Crippen LogP contribution >= 0.6 is 34.3 Å². The fourth-order valence-corrected chi connectivity index (χ4v) is 5.37. The van der Waals surface area contributed by atoms with E-state index in [1.807, 2.05) is 30.4 Å². The molecule has 0 spiro atoms. The lowest BCUT2D eigenvalue weighted by molar-refractivity contribution is -0.117. The third-order valence-electron chi connectivity index (χ3n) is 4.70. The minimum absolute atomic E-state index is 0.00407. The van der Waals surface area contributed by atoms with Gasteiger partial charge >= 0.3 is 0 Å². The molecule has 2 aromatic heterocycles. The number of fused-ring (bicyclic) bond motifs is 1. The first-order valence-electron chi connectivity index (χ1n) is 8.51. The van der Waals surface area contributed by atoms with Crippen molar-refractivity contribution in [2.45, 2.75) is 19.4 Å². The van der Waals surface area contributed by atoms with E-state index in [2.05, 4.69) is 39.2 Å². The second-order valence-corrected chi connectivity index (χ2v) is 8.86. The molecule has 1 aliphatic rings. The minimum atomic E-state index is -0.00407. The summed E-state index contributed by atoms with van der Waals surface area (Å²) in [5.74, 6) is -0.00407. The summed E-state index contributed by atoms with van der Waals surface area (Å²) in [5.41, 5.74) is 3.13. The molecule has 1 amide bonds. The molecule has 0 radical (unpaired) electrons. The third kappa shape index (κ3) is 3.58. The van der Waals surface area contributed by atoms with Crippen molar-refractivity contribution >= 4 is 45.9 Å². The lowest BCUT2D eigenvalue weighted by atomic mass is 9.98. The summed E-state index contributed by atoms with van der Waals surface area (Å²) >= 11 is 9.63. The van der Waals surface area contributed by atoms with Gasteiger partial charge in [-0.25, -0.2) is 0 Å². The smallest absolute Gasteiger partial charge is 0.238 e. The van der Waals surface area contributed by atoms with Gasteiger partial charge in [-0.05, 0) is 59.5 Å². The number of amides is 1. The van der Waals surface area contributed by atoms with Crippen LogP contribution in [0.2, 0.25) is 5.02 Å². The van der Waals surface area contributed by atoms with Crippen molar-refractivity contribution < 1.29 is 4.79 Å². The average Bonchev–Trinajstić information content (AvgIpc) is 3.29. The van der Waals surface area contributed by atoms with Crippen LogP contribution in [0.1, 0.15) is 26.9 Å². The number of aryl methyl sites for hydroxylation is 1. The topological polar surface area (TPSA) is 32.3 Å². The molecule has 1 aromatic carbocycles. The number of hydrogen-bond acceptors (Lipinski definition) is 4. The molecule has 1 aliphatic heterocycles. The molecule has 1 atom stereocenters. The van der Waals surface area contributed by atoms with Crippen LogP contribution in [0.3, 0.4) is 0 Å². The lowest BCUT2D eigenvalue weighted by Gasteiger charge is -2.34. The molecule has 1 unspecified atom stereocenters. The number of rotatable bonds is 4. The van der Waals surface area contributed by atoms with Gasteiger partial charge < -0.3 is 5.32 Å². The highest BCUT2D eigenvalue weighted by molar-refractivity contribution is 7.10. The summed E-state index contributed by atoms with van der Waals surface area (Å²) < 4.78 is 0. The van der Waals surface area contributed by atoms with Crippen molar-refractivity contribution in [3.63, 3.8) is 0 Å². The maximum Gasteiger partial charge on any atom is 0.238 e. The summed E-state index contributed by atoms with van der Waals surface area (Å²) in [4.78, 5) is 17.7. The zero-order valence-electron chi connectivity index (χ0n) is 14.4. The van der Waals surface area contributed by atoms with Crippen LogP contribution in [-0.4, -0.2) is 23.9 Å². The molecule has 3 aromatic rings. The van der Waals surface area contributed by atoms with E-state index in [1.54, 1.807) is 17.4 Å². The highest BCUT2D eigenvalue weighted by Crippen LogP contribution is 2.39. The first-order chi connectivity index (χ1) is 12.6. The SMILES string of the molecule is Cc1ccc(Cl)cc1NC(=O)CN1CCc2sccc2C1c1cccs1. The lowest BCUT2D eigenvalue weighted by Crippen LogP contribution is -2.40. The summed E-state index contributed by atoms with van der Waals surface area (Å²) in [7, 11) is 0. The molecule has 4 rings (SSSR count). The number of anilines is 1. The monoisotopic (exact) mass is 402 g/mol. The Morgan fingerprint density at radius 1 is 1.27 bits per heavy atom. The highest BCUT2D eigenvalue weighted by Gasteiger charge is 2.31. The Morgan fingerprint density at radius 3 is 2.96 bits per heavy atom. The molecule has 134 valence electrons. The quantitative estimate of drug-likeness (QED) is 0.637. The van der Waals surface area contributed by atoms with Crippen LogP contribution < -0.4 is 5.32 Å². The maximum absolute atomic E-state index is 12.7. The van der Waals surface area contributed by atoms with Gasteiger partial charge in [0.15, 0.2) is 0 Å². The first kappa shape index (κ1) is 17.7. The Bertz CT molecular complexity index is 920. The Balaban J connectivity index is 1.55. The van der Waals surface area contributed by atoms with Gasteiger partial charge in [0.05, 0.1) is 12.6 Å². The van der Waals surface area contributed by atoms with Crippen molar-refractivity contribution in [3.05, 3.63) is 73.1 Å². The number of carbonyl (C=O) groups is 1. The predicted molar refractivity (Wildman–Crippen MR) is 111 cm³/mol. The van der Waals surface area contributed by atoms with Crippen molar-refractivity contribution in [1.29, 1.82) is 0 Å². The predicted octanol–water partition coefficient (Wildman–Crippen LogP) is 5.36. The van der Waals surface area contributed by atoms with Crippen LogP contribution in [0, 0.1) is 6.92 Å². The molecular formula is C20H19ClN2OS2. The normalized spacial score (nSPS) is 17.1. The number of carbonyl (C=O) groups excluding carboxylic acids is 1. The average molecular weight is 403 g/mol. The van der Waals surface area contributed by atoms with E-state index in [-0.39, 0.29) is 11.9 Å². The molecule has 0 fully saturated rings. The fourth-order valence-electron chi connectivity index (χ4n) is 3.42. The van der Waals surface area contributed by atoms with E-state index in [1.165, 1.54) is 15.3 Å². The van der Waals surface area contributed by atoms with Crippen molar-refractivity contribution in [1.82, 2.24) is 4.90 Å². The Hall–Kier alpha value is -1.66. The summed E-state index contributed by atoms with van der Waals surface area (Å²) in [6, 6.07) is 12.2. The molecule has 0 saturated carbocycles. The number of halogens is 1. The van der Waals surface area contributed by atoms with Crippen LogP contribution in [0.25, 0.3) is 0 Å². The second-order valence-electron chi connectivity index (χ2n) is 6.44. The maximum atomic E-state index is 12.7. The zero-order chi connectivity index (χ0) is 18.1. The van der Waals surface area contributed by atoms with E-state index in [9.17, 15) is 4.79 Å². The van der Waals surface area contributed by atoms with Crippen LogP contribution in [0.4, 0.5) is 5.69 Å². The number of nitrogens with one attached hydrogen (secondary N) is 1. The van der Waals surface area contributed by atoms with Gasteiger partial charge in [-0.1, -0.05) is 23.7 Å². The van der Waals surface area contributed by atoms with Crippen molar-refractivity contribution in [2.24, 2.45) is 0 Å². The standard InChI is InChI=1S/C20H19ClN2OS2/c1-13-4-5-14(21)11-16(13)22-19(24)12-23-8-6-17-15(7-10-26-17)20(23)18-3-2-9-25-18/h2-5,7,9-11,20H,6,8,12H2,1H3,(H,22,24). The van der Waals surface area contributed by atoms with Crippen LogP contribution in [0.5, 0.6) is 0 Å². The van der Waals surface area contributed by atoms with E-state index >= 15 is 0 Å². The molecule has 3 heterocycles. The molecule has 6 heteroatoms. The fraction of sp³-hybridized carbons (Fsp3) is 0.250. The van der Waals surface area contributed by atoms with Crippen molar-refractivity contribution in [2.75, 3.05) is 18.4 Å². The zero-order valence-corrected chi connectivity index (χ0v) is 16.8. The third-order valence-corrected chi connectivity index (χ3v) is 6.86. The number of nitrogens with zero attached hydrogens (tertiary/aromatic N) is 1. The summed E-state index contributed by atoms with van der Waals surface area (Å²) in [6.45, 7) is 3.22. The Labute approximate surface area is 166 Å². The number of hydrogen-bond donors (Lipinski definition) is 1. The molecule has 0 bridgehead atoms. The van der Waals surface area contributed by atoms with Gasteiger partial charge in [0.2, 0.25) is 5.91 Å². The molecule has 1 N–H and O–H groups in total. The van der Waals surface area contributed by atoms with Crippen LogP contribution in [0.15, 0.2) is 47.2 Å². The van der Waals surface area contributed by atoms with E-state index in [0.29, 0.717) is 11.6 Å². The largest absolute Gasteiger partial charge is 0.325 e. The van der Waals surface area contributed by atoms with Gasteiger partial charge in [-0.3, -0.25) is 9.69 Å². The molecule has 3 nitrogen and oxygen atoms in total. The summed E-state index contributed by atoms with van der Waals surface area (Å²) in [6.07, 6.45) is 0.998. The van der Waals surface area contributed by atoms with E-state index in [0.717, 1.165) is 24.2 Å². The van der Waals surface area contributed by atoms with Gasteiger partial charge in [-0.15, -0.1) is 22.7 Å². The van der Waals surface area contributed by atoms with Crippen molar-refractivity contribution in [3.8, 4) is 0 Å². The van der Waals surface area contributed by atoms with Crippen LogP contribution in [-0.2, 0) is 11.2 Å².